The number of rotatable bonds is 3. The topological polar surface area (TPSA) is 8.88 Å². The first-order valence-electron chi connectivity index (χ1n) is 8.24. The Hall–Kier alpha value is -0.930. The zero-order chi connectivity index (χ0) is 13.8. The molecule has 110 valence electrons. The van der Waals surface area contributed by atoms with Crippen LogP contribution in [-0.2, 0) is 6.54 Å². The maximum absolute atomic E-state index is 12.9. The Kier molecular flexibility index (Phi) is 4.69. The van der Waals surface area contributed by atoms with E-state index >= 15 is 0 Å². The predicted octanol–water partition coefficient (Wildman–Crippen LogP) is 0.442. The van der Waals surface area contributed by atoms with E-state index in [-0.39, 0.29) is 5.82 Å². The number of piperazine rings is 1. The molecule has 0 unspecified atom stereocenters. The van der Waals surface area contributed by atoms with Crippen LogP contribution in [0, 0.1) is 5.82 Å². The molecule has 0 amide bonds. The van der Waals surface area contributed by atoms with Gasteiger partial charge in [0.2, 0.25) is 0 Å². The molecule has 1 aromatic rings. The average Bonchev–Trinajstić information content (AvgIpc) is 2.51. The summed E-state index contributed by atoms with van der Waals surface area (Å²) >= 11 is 0. The Bertz CT molecular complexity index is 404. The van der Waals surface area contributed by atoms with Gasteiger partial charge in [0.1, 0.15) is 38.5 Å². The first-order chi connectivity index (χ1) is 9.81. The largest absolute Gasteiger partial charge is 0.323 e. The van der Waals surface area contributed by atoms with Crippen molar-refractivity contribution in [1.29, 1.82) is 0 Å². The fourth-order valence-electron chi connectivity index (χ4n) is 3.91. The lowest BCUT2D eigenvalue weighted by Gasteiger charge is -2.36. The van der Waals surface area contributed by atoms with Gasteiger partial charge in [-0.15, -0.1) is 0 Å². The molecule has 0 bridgehead atoms. The monoisotopic (exact) mass is 278 g/mol. The van der Waals surface area contributed by atoms with Crippen molar-refractivity contribution in [2.45, 2.75) is 44.7 Å². The molecule has 0 spiro atoms. The number of benzene rings is 1. The molecule has 3 rings (SSSR count). The predicted molar refractivity (Wildman–Crippen MR) is 78.4 cm³/mol. The van der Waals surface area contributed by atoms with Gasteiger partial charge in [0.05, 0.1) is 6.04 Å². The fourth-order valence-corrected chi connectivity index (χ4v) is 3.91. The number of hydrogen-bond donors (Lipinski definition) is 2. The summed E-state index contributed by atoms with van der Waals surface area (Å²) < 4.78 is 12.9. The quantitative estimate of drug-likeness (QED) is 0.794. The third kappa shape index (κ3) is 3.58. The second-order valence-corrected chi connectivity index (χ2v) is 6.55. The summed E-state index contributed by atoms with van der Waals surface area (Å²) in [5.74, 6) is -0.129. The standard InChI is InChI=1S/C17H25FN2/c18-16-8-6-15(7-9-16)14-19-10-12-20(13-11-19)17-4-2-1-3-5-17/h6-9,17H,1-5,10-14H2/p+2. The summed E-state index contributed by atoms with van der Waals surface area (Å²) in [7, 11) is 0. The maximum atomic E-state index is 12.9. The molecular weight excluding hydrogens is 251 g/mol. The van der Waals surface area contributed by atoms with E-state index in [1.807, 2.05) is 17.0 Å². The first kappa shape index (κ1) is 14.0. The highest BCUT2D eigenvalue weighted by Gasteiger charge is 2.30. The molecule has 2 nitrogen and oxygen atoms in total. The van der Waals surface area contributed by atoms with E-state index in [1.54, 1.807) is 17.0 Å². The highest BCUT2D eigenvalue weighted by Crippen LogP contribution is 2.15. The fraction of sp³-hybridized carbons (Fsp3) is 0.647. The van der Waals surface area contributed by atoms with Crippen molar-refractivity contribution in [2.75, 3.05) is 26.2 Å². The van der Waals surface area contributed by atoms with Crippen molar-refractivity contribution in [2.24, 2.45) is 0 Å². The van der Waals surface area contributed by atoms with Gasteiger partial charge < -0.3 is 9.80 Å². The smallest absolute Gasteiger partial charge is 0.127 e. The van der Waals surface area contributed by atoms with E-state index in [1.165, 1.54) is 63.8 Å². The molecular formula is C17H27FN2+2. The molecule has 1 aliphatic heterocycles. The van der Waals surface area contributed by atoms with E-state index < -0.39 is 0 Å². The number of halogens is 1. The summed E-state index contributed by atoms with van der Waals surface area (Å²) in [5, 5.41) is 0. The van der Waals surface area contributed by atoms with Crippen LogP contribution in [0.2, 0.25) is 0 Å². The van der Waals surface area contributed by atoms with Gasteiger partial charge in [0.15, 0.2) is 0 Å². The normalized spacial score (nSPS) is 28.4. The van der Waals surface area contributed by atoms with E-state index in [0.29, 0.717) is 0 Å². The van der Waals surface area contributed by atoms with Gasteiger partial charge >= 0.3 is 0 Å². The van der Waals surface area contributed by atoms with Crippen molar-refractivity contribution >= 4 is 0 Å². The van der Waals surface area contributed by atoms with Crippen molar-refractivity contribution in [3.8, 4) is 0 Å². The van der Waals surface area contributed by atoms with Gasteiger partial charge in [-0.1, -0.05) is 18.6 Å². The van der Waals surface area contributed by atoms with Crippen molar-refractivity contribution in [1.82, 2.24) is 0 Å². The summed E-state index contributed by atoms with van der Waals surface area (Å²) in [6.45, 7) is 6.23. The first-order valence-corrected chi connectivity index (χ1v) is 8.24. The minimum Gasteiger partial charge on any atom is -0.323 e. The van der Waals surface area contributed by atoms with Crippen LogP contribution in [0.4, 0.5) is 4.39 Å². The summed E-state index contributed by atoms with van der Waals surface area (Å²) in [5.41, 5.74) is 1.27. The second-order valence-electron chi connectivity index (χ2n) is 6.55. The molecule has 0 atom stereocenters. The molecule has 1 aromatic carbocycles. The Labute approximate surface area is 121 Å². The number of quaternary nitrogens is 2. The van der Waals surface area contributed by atoms with E-state index in [2.05, 4.69) is 0 Å². The third-order valence-corrected chi connectivity index (χ3v) is 5.15. The lowest BCUT2D eigenvalue weighted by molar-refractivity contribution is -1.03. The Morgan fingerprint density at radius 2 is 1.55 bits per heavy atom. The lowest BCUT2D eigenvalue weighted by atomic mass is 9.94. The summed E-state index contributed by atoms with van der Waals surface area (Å²) in [4.78, 5) is 3.52. The maximum Gasteiger partial charge on any atom is 0.127 e. The van der Waals surface area contributed by atoms with Crippen LogP contribution in [0.5, 0.6) is 0 Å². The molecule has 3 heteroatoms. The Morgan fingerprint density at radius 3 is 2.20 bits per heavy atom. The van der Waals surface area contributed by atoms with Crippen LogP contribution >= 0.6 is 0 Å². The van der Waals surface area contributed by atoms with Crippen LogP contribution in [0.25, 0.3) is 0 Å². The van der Waals surface area contributed by atoms with Gasteiger partial charge in [-0.2, -0.15) is 0 Å². The minimum absolute atomic E-state index is 0.129. The molecule has 2 N–H and O–H groups in total. The van der Waals surface area contributed by atoms with Crippen molar-refractivity contribution < 1.29 is 14.2 Å². The van der Waals surface area contributed by atoms with Gasteiger partial charge in [0.25, 0.3) is 0 Å². The molecule has 1 heterocycles. The zero-order valence-corrected chi connectivity index (χ0v) is 12.3. The molecule has 20 heavy (non-hydrogen) atoms. The second kappa shape index (κ2) is 6.68. The SMILES string of the molecule is Fc1ccc(C[NH+]2CC[NH+](C3CCCCC3)CC2)cc1. The molecule has 0 radical (unpaired) electrons. The summed E-state index contributed by atoms with van der Waals surface area (Å²) in [6.07, 6.45) is 7.23. The van der Waals surface area contributed by atoms with Gasteiger partial charge in [-0.05, 0) is 37.8 Å². The average molecular weight is 278 g/mol. The zero-order valence-electron chi connectivity index (χ0n) is 12.3. The van der Waals surface area contributed by atoms with Gasteiger partial charge in [0, 0.05) is 5.56 Å². The molecule has 1 saturated heterocycles. The molecule has 1 aliphatic carbocycles. The Balaban J connectivity index is 1.47. The van der Waals surface area contributed by atoms with Crippen LogP contribution < -0.4 is 9.80 Å². The molecule has 2 fully saturated rings. The molecule has 0 aromatic heterocycles. The Morgan fingerprint density at radius 1 is 0.900 bits per heavy atom. The van der Waals surface area contributed by atoms with Crippen LogP contribution in [0.3, 0.4) is 0 Å². The highest BCUT2D eigenvalue weighted by atomic mass is 19.1. The van der Waals surface area contributed by atoms with Crippen molar-refractivity contribution in [3.05, 3.63) is 35.6 Å². The highest BCUT2D eigenvalue weighted by molar-refractivity contribution is 5.14. The van der Waals surface area contributed by atoms with E-state index in [4.69, 9.17) is 0 Å². The minimum atomic E-state index is -0.129. The van der Waals surface area contributed by atoms with Gasteiger partial charge in [-0.25, -0.2) is 4.39 Å². The number of nitrogens with one attached hydrogen (secondary N) is 2. The van der Waals surface area contributed by atoms with Crippen molar-refractivity contribution in [3.63, 3.8) is 0 Å². The van der Waals surface area contributed by atoms with Gasteiger partial charge in [-0.3, -0.25) is 0 Å². The summed E-state index contributed by atoms with van der Waals surface area (Å²) in [6, 6.07) is 7.97. The molecule has 2 aliphatic rings. The number of hydrogen-bond acceptors (Lipinski definition) is 0. The van der Waals surface area contributed by atoms with Crippen LogP contribution in [0.1, 0.15) is 37.7 Å². The van der Waals surface area contributed by atoms with Crippen LogP contribution in [0.15, 0.2) is 24.3 Å². The molecule has 1 saturated carbocycles. The van der Waals surface area contributed by atoms with E-state index in [9.17, 15) is 4.39 Å². The van der Waals surface area contributed by atoms with E-state index in [0.717, 1.165) is 12.6 Å². The van der Waals surface area contributed by atoms with Crippen LogP contribution in [-0.4, -0.2) is 32.2 Å². The third-order valence-electron chi connectivity index (χ3n) is 5.15. The lowest BCUT2D eigenvalue weighted by Crippen LogP contribution is -3.29.